The molecule has 1 aromatic carbocycles. The fourth-order valence-electron chi connectivity index (χ4n) is 1.89. The van der Waals surface area contributed by atoms with Crippen LogP contribution < -0.4 is 5.73 Å². The van der Waals surface area contributed by atoms with Crippen LogP contribution in [0, 0.1) is 6.92 Å². The largest absolute Gasteiger partial charge is 0.460 e. The molecular weight excluding hydrogens is 278 g/mol. The lowest BCUT2D eigenvalue weighted by molar-refractivity contribution is -0.144. The minimum absolute atomic E-state index is 0.115. The van der Waals surface area contributed by atoms with Crippen molar-refractivity contribution in [1.29, 1.82) is 0 Å². The highest BCUT2D eigenvalue weighted by molar-refractivity contribution is 6.30. The van der Waals surface area contributed by atoms with Gasteiger partial charge in [0.1, 0.15) is 11.8 Å². The number of rotatable bonds is 4. The predicted molar refractivity (Wildman–Crippen MR) is 77.3 cm³/mol. The average molecular weight is 294 g/mol. The second-order valence-corrected chi connectivity index (χ2v) is 4.87. The lowest BCUT2D eigenvalue weighted by Crippen LogP contribution is -2.09. The third kappa shape index (κ3) is 3.11. The maximum absolute atomic E-state index is 11.8. The molecule has 1 aromatic heterocycles. The van der Waals surface area contributed by atoms with Crippen LogP contribution in [0.5, 0.6) is 0 Å². The molecule has 2 N–H and O–H groups in total. The topological polar surface area (TPSA) is 70.1 Å². The highest BCUT2D eigenvalue weighted by Gasteiger charge is 2.14. The predicted octanol–water partition coefficient (Wildman–Crippen LogP) is 2.25. The fraction of sp³-hybridized carbons (Fsp3) is 0.286. The molecule has 0 saturated heterocycles. The summed E-state index contributed by atoms with van der Waals surface area (Å²) in [5, 5.41) is 4.64. The van der Waals surface area contributed by atoms with Crippen molar-refractivity contribution in [2.24, 2.45) is 7.05 Å². The van der Waals surface area contributed by atoms with Crippen molar-refractivity contribution < 1.29 is 9.53 Å². The quantitative estimate of drug-likeness (QED) is 0.693. The highest BCUT2D eigenvalue weighted by Crippen LogP contribution is 2.20. The molecule has 0 radical (unpaired) electrons. The van der Waals surface area contributed by atoms with Crippen LogP contribution in [0.4, 0.5) is 5.69 Å². The summed E-state index contributed by atoms with van der Waals surface area (Å²) in [6, 6.07) is 7.22. The molecule has 0 spiro atoms. The number of benzene rings is 1. The van der Waals surface area contributed by atoms with Crippen LogP contribution in [0.15, 0.2) is 24.3 Å². The molecule has 106 valence electrons. The first-order valence-corrected chi connectivity index (χ1v) is 6.53. The summed E-state index contributed by atoms with van der Waals surface area (Å²) in [6.45, 7) is 1.94. The van der Waals surface area contributed by atoms with Gasteiger partial charge < -0.3 is 10.5 Å². The van der Waals surface area contributed by atoms with E-state index in [-0.39, 0.29) is 19.0 Å². The van der Waals surface area contributed by atoms with Gasteiger partial charge in [0.2, 0.25) is 0 Å². The number of para-hydroxylation sites is 1. The molecule has 2 aromatic rings. The molecule has 0 fully saturated rings. The molecule has 0 saturated carbocycles. The van der Waals surface area contributed by atoms with E-state index in [1.807, 2.05) is 19.1 Å². The van der Waals surface area contributed by atoms with Crippen LogP contribution in [0.25, 0.3) is 0 Å². The third-order valence-electron chi connectivity index (χ3n) is 3.04. The van der Waals surface area contributed by atoms with Gasteiger partial charge in [-0.25, -0.2) is 0 Å². The number of nitrogen functional groups attached to an aromatic ring is 1. The summed E-state index contributed by atoms with van der Waals surface area (Å²) in [5.74, 6) is -0.345. The molecule has 0 unspecified atom stereocenters. The molecule has 20 heavy (non-hydrogen) atoms. The number of hydrogen-bond acceptors (Lipinski definition) is 4. The highest BCUT2D eigenvalue weighted by atomic mass is 35.5. The van der Waals surface area contributed by atoms with E-state index in [0.717, 1.165) is 16.8 Å². The smallest absolute Gasteiger partial charge is 0.310 e. The van der Waals surface area contributed by atoms with Crippen molar-refractivity contribution in [3.05, 3.63) is 46.2 Å². The first kappa shape index (κ1) is 14.4. The van der Waals surface area contributed by atoms with E-state index >= 15 is 0 Å². The number of esters is 1. The van der Waals surface area contributed by atoms with Crippen molar-refractivity contribution in [3.63, 3.8) is 0 Å². The Bertz CT molecular complexity index is 637. The number of halogens is 1. The zero-order chi connectivity index (χ0) is 14.7. The van der Waals surface area contributed by atoms with Crippen molar-refractivity contribution in [2.45, 2.75) is 20.0 Å². The fourth-order valence-corrected chi connectivity index (χ4v) is 2.12. The van der Waals surface area contributed by atoms with Crippen LogP contribution >= 0.6 is 11.6 Å². The average Bonchev–Trinajstić information content (AvgIpc) is 2.64. The van der Waals surface area contributed by atoms with Gasteiger partial charge in [-0.05, 0) is 18.6 Å². The Morgan fingerprint density at radius 1 is 1.45 bits per heavy atom. The molecule has 0 atom stereocenters. The van der Waals surface area contributed by atoms with E-state index in [1.165, 1.54) is 0 Å². The Labute approximate surface area is 122 Å². The number of nitrogens with two attached hydrogens (primary N) is 1. The Balaban J connectivity index is 1.98. The molecule has 5 nitrogen and oxygen atoms in total. The number of carbonyl (C=O) groups excluding carboxylic acids is 1. The number of aryl methyl sites for hydroxylation is 2. The lowest BCUT2D eigenvalue weighted by atomic mass is 10.1. The van der Waals surface area contributed by atoms with Crippen molar-refractivity contribution >= 4 is 23.3 Å². The van der Waals surface area contributed by atoms with Gasteiger partial charge in [-0.2, -0.15) is 5.10 Å². The van der Waals surface area contributed by atoms with Crippen LogP contribution in [0.1, 0.15) is 16.8 Å². The van der Waals surface area contributed by atoms with Crippen molar-refractivity contribution in [3.8, 4) is 0 Å². The van der Waals surface area contributed by atoms with Crippen LogP contribution in [0.2, 0.25) is 5.15 Å². The van der Waals surface area contributed by atoms with Gasteiger partial charge >= 0.3 is 5.97 Å². The van der Waals surface area contributed by atoms with Gasteiger partial charge in [-0.15, -0.1) is 0 Å². The van der Waals surface area contributed by atoms with Crippen LogP contribution in [0.3, 0.4) is 0 Å². The summed E-state index contributed by atoms with van der Waals surface area (Å²) in [7, 11) is 1.74. The Hall–Kier alpha value is -2.01. The van der Waals surface area contributed by atoms with E-state index in [0.29, 0.717) is 10.8 Å². The monoisotopic (exact) mass is 293 g/mol. The van der Waals surface area contributed by atoms with Gasteiger partial charge in [0.25, 0.3) is 0 Å². The summed E-state index contributed by atoms with van der Waals surface area (Å²) in [4.78, 5) is 11.8. The third-order valence-corrected chi connectivity index (χ3v) is 3.51. The second-order valence-electron chi connectivity index (χ2n) is 4.51. The number of hydrogen-bond donors (Lipinski definition) is 1. The van der Waals surface area contributed by atoms with E-state index in [9.17, 15) is 4.79 Å². The summed E-state index contributed by atoms with van der Waals surface area (Å²) >= 11 is 6.07. The zero-order valence-corrected chi connectivity index (χ0v) is 12.1. The van der Waals surface area contributed by atoms with E-state index in [1.54, 1.807) is 23.9 Å². The molecule has 2 rings (SSSR count). The second kappa shape index (κ2) is 5.96. The van der Waals surface area contributed by atoms with E-state index in [4.69, 9.17) is 22.1 Å². The molecule has 1 heterocycles. The normalized spacial score (nSPS) is 10.6. The SMILES string of the molecule is Cc1nn(C)c(Cl)c1COC(=O)Cc1ccccc1N. The number of nitrogens with zero attached hydrogens (tertiary/aromatic N) is 2. The number of carbonyl (C=O) groups is 1. The van der Waals surface area contributed by atoms with Gasteiger partial charge in [-0.3, -0.25) is 9.48 Å². The number of ether oxygens (including phenoxy) is 1. The molecule has 0 bridgehead atoms. The Morgan fingerprint density at radius 2 is 2.15 bits per heavy atom. The number of anilines is 1. The minimum Gasteiger partial charge on any atom is -0.460 e. The van der Waals surface area contributed by atoms with Crippen LogP contribution in [-0.4, -0.2) is 15.7 Å². The molecule has 0 aliphatic carbocycles. The molecular formula is C14H16ClN3O2. The standard InChI is InChI=1S/C14H16ClN3O2/c1-9-11(14(15)18(2)17-9)8-20-13(19)7-10-5-3-4-6-12(10)16/h3-6H,7-8,16H2,1-2H3. The Morgan fingerprint density at radius 3 is 2.75 bits per heavy atom. The minimum atomic E-state index is -0.345. The molecule has 0 amide bonds. The Kier molecular flexibility index (Phi) is 4.29. The maximum Gasteiger partial charge on any atom is 0.310 e. The summed E-state index contributed by atoms with van der Waals surface area (Å²) < 4.78 is 6.78. The maximum atomic E-state index is 11.8. The van der Waals surface area contributed by atoms with Gasteiger partial charge in [0.05, 0.1) is 12.1 Å². The summed E-state index contributed by atoms with van der Waals surface area (Å²) in [6.07, 6.45) is 0.142. The van der Waals surface area contributed by atoms with Gasteiger partial charge in [-0.1, -0.05) is 29.8 Å². The molecule has 0 aliphatic heterocycles. The summed E-state index contributed by atoms with van der Waals surface area (Å²) in [5.41, 5.74) is 8.60. The molecule has 6 heteroatoms. The number of aromatic nitrogens is 2. The molecule has 0 aliphatic rings. The van der Waals surface area contributed by atoms with Crippen molar-refractivity contribution in [2.75, 3.05) is 5.73 Å². The van der Waals surface area contributed by atoms with E-state index in [2.05, 4.69) is 5.10 Å². The first-order chi connectivity index (χ1) is 9.49. The van der Waals surface area contributed by atoms with Gasteiger partial charge in [0, 0.05) is 18.3 Å². The first-order valence-electron chi connectivity index (χ1n) is 6.16. The lowest BCUT2D eigenvalue weighted by Gasteiger charge is -2.06. The van der Waals surface area contributed by atoms with Crippen LogP contribution in [-0.2, 0) is 29.6 Å². The zero-order valence-electron chi connectivity index (χ0n) is 11.4. The van der Waals surface area contributed by atoms with Crippen molar-refractivity contribution in [1.82, 2.24) is 9.78 Å². The van der Waals surface area contributed by atoms with Gasteiger partial charge in [0.15, 0.2) is 0 Å². The van der Waals surface area contributed by atoms with E-state index < -0.39 is 0 Å².